The Labute approximate surface area is 165 Å². The van der Waals surface area contributed by atoms with Crippen LogP contribution in [0, 0.1) is 12.7 Å². The number of carbonyl (C=O) groups is 1. The van der Waals surface area contributed by atoms with E-state index in [1.807, 2.05) is 0 Å². The maximum Gasteiger partial charge on any atom is 0.248 e. The number of halogens is 3. The lowest BCUT2D eigenvalue weighted by Crippen LogP contribution is -2.45. The molecule has 9 heteroatoms. The average molecular weight is 464 g/mol. The third-order valence-electron chi connectivity index (χ3n) is 3.69. The zero-order chi connectivity index (χ0) is 19.6. The first kappa shape index (κ1) is 20.7. The van der Waals surface area contributed by atoms with Gasteiger partial charge in [0.2, 0.25) is 15.9 Å². The smallest absolute Gasteiger partial charge is 0.248 e. The summed E-state index contributed by atoms with van der Waals surface area (Å²) < 4.78 is 40.1. The number of anilines is 2. The van der Waals surface area contributed by atoms with Crippen molar-refractivity contribution in [3.63, 3.8) is 0 Å². The number of nitrogens with zero attached hydrogens (tertiary/aromatic N) is 1. The van der Waals surface area contributed by atoms with Gasteiger partial charge in [0, 0.05) is 9.50 Å². The van der Waals surface area contributed by atoms with Crippen molar-refractivity contribution in [2.24, 2.45) is 0 Å². The summed E-state index contributed by atoms with van der Waals surface area (Å²) in [6, 6.07) is 7.80. The van der Waals surface area contributed by atoms with Gasteiger partial charge < -0.3 is 5.32 Å². The highest BCUT2D eigenvalue weighted by Gasteiger charge is 2.30. The van der Waals surface area contributed by atoms with Crippen molar-refractivity contribution in [2.75, 3.05) is 15.9 Å². The molecule has 0 aliphatic carbocycles. The first-order valence-electron chi connectivity index (χ1n) is 7.52. The summed E-state index contributed by atoms with van der Waals surface area (Å²) >= 11 is 9.12. The minimum absolute atomic E-state index is 0.0404. The fraction of sp³-hybridized carbons (Fsp3) is 0.235. The van der Waals surface area contributed by atoms with Crippen molar-refractivity contribution < 1.29 is 17.6 Å². The second-order valence-electron chi connectivity index (χ2n) is 5.78. The molecule has 0 saturated heterocycles. The van der Waals surface area contributed by atoms with Crippen LogP contribution in [0.15, 0.2) is 40.9 Å². The van der Waals surface area contributed by atoms with Gasteiger partial charge in [0.1, 0.15) is 11.9 Å². The van der Waals surface area contributed by atoms with E-state index in [0.29, 0.717) is 20.7 Å². The van der Waals surface area contributed by atoms with E-state index in [4.69, 9.17) is 11.6 Å². The molecule has 140 valence electrons. The van der Waals surface area contributed by atoms with Crippen LogP contribution >= 0.6 is 27.5 Å². The summed E-state index contributed by atoms with van der Waals surface area (Å²) in [6.07, 6.45) is 0.997. The maximum absolute atomic E-state index is 14.0. The molecule has 0 spiro atoms. The van der Waals surface area contributed by atoms with Crippen LogP contribution in [0.25, 0.3) is 0 Å². The van der Waals surface area contributed by atoms with Crippen LogP contribution in [0.2, 0.25) is 5.02 Å². The van der Waals surface area contributed by atoms with Crippen LogP contribution in [0.4, 0.5) is 15.8 Å². The molecule has 5 nitrogen and oxygen atoms in total. The molecule has 0 fully saturated rings. The first-order chi connectivity index (χ1) is 12.0. The molecule has 0 radical (unpaired) electrons. The highest BCUT2D eigenvalue weighted by atomic mass is 79.9. The zero-order valence-electron chi connectivity index (χ0n) is 14.3. The Hall–Kier alpha value is -1.64. The van der Waals surface area contributed by atoms with Gasteiger partial charge in [-0.25, -0.2) is 12.8 Å². The lowest BCUT2D eigenvalue weighted by molar-refractivity contribution is -0.116. The summed E-state index contributed by atoms with van der Waals surface area (Å²) in [5.41, 5.74) is 0.884. The SMILES string of the molecule is Cc1ccc(Cl)cc1N([C@H](C)C(=O)Nc1ccc(Br)cc1F)S(C)(=O)=O. The number of nitrogens with one attached hydrogen (secondary N) is 1. The molecule has 26 heavy (non-hydrogen) atoms. The number of aryl methyl sites for hydroxylation is 1. The lowest BCUT2D eigenvalue weighted by atomic mass is 10.1. The quantitative estimate of drug-likeness (QED) is 0.717. The molecule has 0 aromatic heterocycles. The molecule has 1 amide bonds. The normalized spacial score (nSPS) is 12.5. The van der Waals surface area contributed by atoms with Crippen molar-refractivity contribution in [3.05, 3.63) is 57.3 Å². The van der Waals surface area contributed by atoms with Crippen LogP contribution in [-0.2, 0) is 14.8 Å². The Morgan fingerprint density at radius 2 is 1.92 bits per heavy atom. The second kappa shape index (κ2) is 7.94. The molecule has 0 bridgehead atoms. The zero-order valence-corrected chi connectivity index (χ0v) is 17.4. The van der Waals surface area contributed by atoms with Crippen LogP contribution in [-0.4, -0.2) is 26.6 Å². The van der Waals surface area contributed by atoms with Gasteiger partial charge >= 0.3 is 0 Å². The first-order valence-corrected chi connectivity index (χ1v) is 10.5. The molecular formula is C17H17BrClFN2O3S. The van der Waals surface area contributed by atoms with Crippen LogP contribution in [0.3, 0.4) is 0 Å². The van der Waals surface area contributed by atoms with Crippen molar-refractivity contribution in [1.29, 1.82) is 0 Å². The number of amides is 1. The molecule has 1 N–H and O–H groups in total. The van der Waals surface area contributed by atoms with Gasteiger partial charge in [0.25, 0.3) is 0 Å². The number of hydrogen-bond donors (Lipinski definition) is 1. The van der Waals surface area contributed by atoms with Gasteiger partial charge in [-0.05, 0) is 49.7 Å². The van der Waals surface area contributed by atoms with Gasteiger partial charge in [-0.1, -0.05) is 33.6 Å². The van der Waals surface area contributed by atoms with Crippen molar-refractivity contribution in [1.82, 2.24) is 0 Å². The van der Waals surface area contributed by atoms with E-state index in [-0.39, 0.29) is 5.69 Å². The van der Waals surface area contributed by atoms with Gasteiger partial charge in [-0.3, -0.25) is 9.10 Å². The van der Waals surface area contributed by atoms with E-state index < -0.39 is 27.8 Å². The third-order valence-corrected chi connectivity index (χ3v) is 5.64. The summed E-state index contributed by atoms with van der Waals surface area (Å²) in [6.45, 7) is 3.14. The summed E-state index contributed by atoms with van der Waals surface area (Å²) in [7, 11) is -3.80. The summed E-state index contributed by atoms with van der Waals surface area (Å²) in [5, 5.41) is 2.76. The van der Waals surface area contributed by atoms with E-state index in [9.17, 15) is 17.6 Å². The average Bonchev–Trinajstić information content (AvgIpc) is 2.52. The molecule has 0 unspecified atom stereocenters. The van der Waals surface area contributed by atoms with E-state index >= 15 is 0 Å². The van der Waals surface area contributed by atoms with Crippen LogP contribution < -0.4 is 9.62 Å². The molecule has 0 aliphatic heterocycles. The minimum atomic E-state index is -3.80. The van der Waals surface area contributed by atoms with Crippen molar-refractivity contribution >= 4 is 54.8 Å². The van der Waals surface area contributed by atoms with Gasteiger partial charge in [-0.15, -0.1) is 0 Å². The Bertz CT molecular complexity index is 953. The Morgan fingerprint density at radius 3 is 2.50 bits per heavy atom. The van der Waals surface area contributed by atoms with Crippen LogP contribution in [0.5, 0.6) is 0 Å². The van der Waals surface area contributed by atoms with E-state index in [1.54, 1.807) is 25.1 Å². The van der Waals surface area contributed by atoms with Gasteiger partial charge in [0.05, 0.1) is 17.6 Å². The lowest BCUT2D eigenvalue weighted by Gasteiger charge is -2.29. The predicted octanol–water partition coefficient (Wildman–Crippen LogP) is 4.34. The number of hydrogen-bond acceptors (Lipinski definition) is 3. The Morgan fingerprint density at radius 1 is 1.27 bits per heavy atom. The monoisotopic (exact) mass is 462 g/mol. The summed E-state index contributed by atoms with van der Waals surface area (Å²) in [4.78, 5) is 12.6. The van der Waals surface area contributed by atoms with Gasteiger partial charge in [-0.2, -0.15) is 0 Å². The van der Waals surface area contributed by atoms with Crippen molar-refractivity contribution in [2.45, 2.75) is 19.9 Å². The molecule has 2 aromatic rings. The standard InChI is InChI=1S/C17H17BrClFN2O3S/c1-10-4-6-13(19)9-16(10)22(26(3,24)25)11(2)17(23)21-15-7-5-12(18)8-14(15)20/h4-9,11H,1-3H3,(H,21,23)/t11-/m1/s1. The molecular weight excluding hydrogens is 447 g/mol. The minimum Gasteiger partial charge on any atom is -0.322 e. The molecule has 2 rings (SSSR count). The number of sulfonamides is 1. The number of rotatable bonds is 5. The molecule has 1 atom stereocenters. The molecule has 2 aromatic carbocycles. The number of carbonyl (C=O) groups excluding carboxylic acids is 1. The van der Waals surface area contributed by atoms with E-state index in [0.717, 1.165) is 10.6 Å². The van der Waals surface area contributed by atoms with Crippen LogP contribution in [0.1, 0.15) is 12.5 Å². The highest BCUT2D eigenvalue weighted by molar-refractivity contribution is 9.10. The predicted molar refractivity (Wildman–Crippen MR) is 106 cm³/mol. The van der Waals surface area contributed by atoms with E-state index in [1.165, 1.54) is 25.1 Å². The van der Waals surface area contributed by atoms with Crippen molar-refractivity contribution in [3.8, 4) is 0 Å². The Balaban J connectivity index is 2.39. The molecule has 0 saturated carbocycles. The molecule has 0 heterocycles. The maximum atomic E-state index is 14.0. The molecule has 0 aliphatic rings. The fourth-order valence-electron chi connectivity index (χ4n) is 2.43. The summed E-state index contributed by atoms with van der Waals surface area (Å²) in [5.74, 6) is -1.30. The number of benzene rings is 2. The highest BCUT2D eigenvalue weighted by Crippen LogP contribution is 2.29. The Kier molecular flexibility index (Phi) is 6.31. The van der Waals surface area contributed by atoms with Gasteiger partial charge in [0.15, 0.2) is 0 Å². The third kappa shape index (κ3) is 4.75. The van der Waals surface area contributed by atoms with E-state index in [2.05, 4.69) is 21.2 Å². The largest absolute Gasteiger partial charge is 0.322 e. The second-order valence-corrected chi connectivity index (χ2v) is 8.99. The topological polar surface area (TPSA) is 66.5 Å². The fourth-order valence-corrected chi connectivity index (χ4v) is 4.15.